The van der Waals surface area contributed by atoms with Gasteiger partial charge >= 0.3 is 0 Å². The fourth-order valence-electron chi connectivity index (χ4n) is 1.95. The van der Waals surface area contributed by atoms with Crippen molar-refractivity contribution in [2.75, 3.05) is 0 Å². The molecule has 1 atom stereocenters. The van der Waals surface area contributed by atoms with E-state index in [9.17, 15) is 9.18 Å². The van der Waals surface area contributed by atoms with Crippen LogP contribution < -0.4 is 5.32 Å². The number of rotatable bonds is 5. The van der Waals surface area contributed by atoms with Crippen LogP contribution in [0, 0.1) is 11.9 Å². The standard InChI is InChI=1S/C13H19FN2O/c1-4-10(5-2)9(3)16-13(17)11-6-7-15-12(14)8-11/h6-10H,4-5H2,1-3H3,(H,16,17). The van der Waals surface area contributed by atoms with Gasteiger partial charge in [0.2, 0.25) is 5.95 Å². The third kappa shape index (κ3) is 3.80. The molecule has 0 spiro atoms. The second-order valence-corrected chi connectivity index (χ2v) is 4.21. The van der Waals surface area contributed by atoms with E-state index < -0.39 is 5.95 Å². The molecule has 0 aliphatic rings. The Hall–Kier alpha value is -1.45. The molecule has 0 aliphatic carbocycles. The highest BCUT2D eigenvalue weighted by molar-refractivity contribution is 5.94. The van der Waals surface area contributed by atoms with Gasteiger partial charge in [0.1, 0.15) is 0 Å². The lowest BCUT2D eigenvalue weighted by Crippen LogP contribution is -2.37. The number of pyridine rings is 1. The first-order valence-electron chi connectivity index (χ1n) is 6.00. The zero-order valence-electron chi connectivity index (χ0n) is 10.5. The van der Waals surface area contributed by atoms with Crippen LogP contribution in [0.25, 0.3) is 0 Å². The lowest BCUT2D eigenvalue weighted by molar-refractivity contribution is 0.0924. The second kappa shape index (κ2) is 6.33. The molecule has 1 heterocycles. The molecule has 1 amide bonds. The summed E-state index contributed by atoms with van der Waals surface area (Å²) >= 11 is 0. The molecule has 94 valence electrons. The van der Waals surface area contributed by atoms with Crippen LogP contribution >= 0.6 is 0 Å². The zero-order chi connectivity index (χ0) is 12.8. The van der Waals surface area contributed by atoms with Crippen LogP contribution in [0.5, 0.6) is 0 Å². The van der Waals surface area contributed by atoms with E-state index in [2.05, 4.69) is 24.1 Å². The largest absolute Gasteiger partial charge is 0.349 e. The maximum absolute atomic E-state index is 12.9. The highest BCUT2D eigenvalue weighted by atomic mass is 19.1. The third-order valence-electron chi connectivity index (χ3n) is 3.10. The molecule has 3 nitrogen and oxygen atoms in total. The van der Waals surface area contributed by atoms with Crippen LogP contribution in [0.2, 0.25) is 0 Å². The molecule has 0 aliphatic heterocycles. The van der Waals surface area contributed by atoms with E-state index in [4.69, 9.17) is 0 Å². The summed E-state index contributed by atoms with van der Waals surface area (Å²) in [5.74, 6) is -0.427. The molecule has 1 rings (SSSR count). The maximum Gasteiger partial charge on any atom is 0.251 e. The molecule has 0 saturated carbocycles. The van der Waals surface area contributed by atoms with Crippen molar-refractivity contribution in [3.63, 3.8) is 0 Å². The Balaban J connectivity index is 2.66. The molecule has 0 aromatic carbocycles. The first-order chi connectivity index (χ1) is 8.08. The Bertz CT molecular complexity index is 377. The molecule has 1 unspecified atom stereocenters. The van der Waals surface area contributed by atoms with Crippen LogP contribution in [0.4, 0.5) is 4.39 Å². The van der Waals surface area contributed by atoms with E-state index in [1.165, 1.54) is 12.3 Å². The minimum Gasteiger partial charge on any atom is -0.349 e. The number of carbonyl (C=O) groups excluding carboxylic acids is 1. The molecule has 1 aromatic rings. The summed E-state index contributed by atoms with van der Waals surface area (Å²) in [6.07, 6.45) is 3.33. The van der Waals surface area contributed by atoms with E-state index in [0.717, 1.165) is 18.9 Å². The topological polar surface area (TPSA) is 42.0 Å². The summed E-state index contributed by atoms with van der Waals surface area (Å²) in [6.45, 7) is 6.18. The van der Waals surface area contributed by atoms with E-state index in [-0.39, 0.29) is 11.9 Å². The molecule has 0 fully saturated rings. The molecule has 17 heavy (non-hydrogen) atoms. The highest BCUT2D eigenvalue weighted by Gasteiger charge is 2.16. The fourth-order valence-corrected chi connectivity index (χ4v) is 1.95. The van der Waals surface area contributed by atoms with Crippen LogP contribution in [0.15, 0.2) is 18.3 Å². The molecule has 0 saturated heterocycles. The number of carbonyl (C=O) groups is 1. The van der Waals surface area contributed by atoms with Gasteiger partial charge in [-0.15, -0.1) is 0 Å². The number of nitrogens with one attached hydrogen (secondary N) is 1. The van der Waals surface area contributed by atoms with Crippen LogP contribution in [-0.2, 0) is 0 Å². The molecule has 1 aromatic heterocycles. The summed E-state index contributed by atoms with van der Waals surface area (Å²) in [5, 5.41) is 2.89. The maximum atomic E-state index is 12.9. The van der Waals surface area contributed by atoms with Gasteiger partial charge in [0.15, 0.2) is 0 Å². The van der Waals surface area contributed by atoms with Crippen LogP contribution in [0.1, 0.15) is 44.0 Å². The zero-order valence-corrected chi connectivity index (χ0v) is 10.5. The van der Waals surface area contributed by atoms with Gasteiger partial charge in [-0.05, 0) is 18.9 Å². The van der Waals surface area contributed by atoms with Gasteiger partial charge in [-0.2, -0.15) is 4.39 Å². The van der Waals surface area contributed by atoms with Gasteiger partial charge < -0.3 is 5.32 Å². The average molecular weight is 238 g/mol. The lowest BCUT2D eigenvalue weighted by Gasteiger charge is -2.22. The first kappa shape index (κ1) is 13.6. The van der Waals surface area contributed by atoms with E-state index in [1.807, 2.05) is 6.92 Å². The molecule has 0 bridgehead atoms. The van der Waals surface area contributed by atoms with E-state index >= 15 is 0 Å². The molecule has 0 radical (unpaired) electrons. The Morgan fingerprint density at radius 3 is 2.65 bits per heavy atom. The predicted molar refractivity (Wildman–Crippen MR) is 65.2 cm³/mol. The number of nitrogens with zero attached hydrogens (tertiary/aromatic N) is 1. The van der Waals surface area contributed by atoms with Crippen molar-refractivity contribution >= 4 is 5.91 Å². The lowest BCUT2D eigenvalue weighted by atomic mass is 9.95. The first-order valence-corrected chi connectivity index (χ1v) is 6.00. The SMILES string of the molecule is CCC(CC)C(C)NC(=O)c1ccnc(F)c1. The third-order valence-corrected chi connectivity index (χ3v) is 3.10. The fraction of sp³-hybridized carbons (Fsp3) is 0.538. The smallest absolute Gasteiger partial charge is 0.251 e. The van der Waals surface area contributed by atoms with Crippen LogP contribution in [-0.4, -0.2) is 16.9 Å². The minimum atomic E-state index is -0.632. The van der Waals surface area contributed by atoms with Crippen molar-refractivity contribution in [2.45, 2.75) is 39.7 Å². The van der Waals surface area contributed by atoms with Gasteiger partial charge in [-0.1, -0.05) is 26.7 Å². The molecular weight excluding hydrogens is 219 g/mol. The number of amides is 1. The van der Waals surface area contributed by atoms with Gasteiger partial charge in [0, 0.05) is 23.9 Å². The van der Waals surface area contributed by atoms with Crippen molar-refractivity contribution in [1.82, 2.24) is 10.3 Å². The Morgan fingerprint density at radius 2 is 2.12 bits per heavy atom. The van der Waals surface area contributed by atoms with Crippen molar-refractivity contribution in [2.24, 2.45) is 5.92 Å². The summed E-state index contributed by atoms with van der Waals surface area (Å²) in [4.78, 5) is 15.3. The predicted octanol–water partition coefficient (Wildman–Crippen LogP) is 2.78. The average Bonchev–Trinajstić information content (AvgIpc) is 2.30. The Labute approximate surface area is 101 Å². The van der Waals surface area contributed by atoms with Crippen molar-refractivity contribution in [3.8, 4) is 0 Å². The molecule has 4 heteroatoms. The van der Waals surface area contributed by atoms with Gasteiger partial charge in [-0.3, -0.25) is 4.79 Å². The number of hydrogen-bond acceptors (Lipinski definition) is 2. The number of hydrogen-bond donors (Lipinski definition) is 1. The van der Waals surface area contributed by atoms with Gasteiger partial charge in [0.25, 0.3) is 5.91 Å². The number of aromatic nitrogens is 1. The van der Waals surface area contributed by atoms with Gasteiger partial charge in [-0.25, -0.2) is 4.98 Å². The van der Waals surface area contributed by atoms with Crippen molar-refractivity contribution < 1.29 is 9.18 Å². The highest BCUT2D eigenvalue weighted by Crippen LogP contribution is 2.13. The molecular formula is C13H19FN2O. The summed E-state index contributed by atoms with van der Waals surface area (Å²) < 4.78 is 12.9. The monoisotopic (exact) mass is 238 g/mol. The van der Waals surface area contributed by atoms with Crippen molar-refractivity contribution in [1.29, 1.82) is 0 Å². The quantitative estimate of drug-likeness (QED) is 0.801. The van der Waals surface area contributed by atoms with Gasteiger partial charge in [0.05, 0.1) is 0 Å². The minimum absolute atomic E-state index is 0.0914. The summed E-state index contributed by atoms with van der Waals surface area (Å²) in [5.41, 5.74) is 0.315. The Morgan fingerprint density at radius 1 is 1.47 bits per heavy atom. The molecule has 1 N–H and O–H groups in total. The van der Waals surface area contributed by atoms with E-state index in [0.29, 0.717) is 11.5 Å². The second-order valence-electron chi connectivity index (χ2n) is 4.21. The summed E-state index contributed by atoms with van der Waals surface area (Å²) in [6, 6.07) is 2.75. The number of halogens is 1. The van der Waals surface area contributed by atoms with Crippen molar-refractivity contribution in [3.05, 3.63) is 29.8 Å². The normalized spacial score (nSPS) is 12.5. The summed E-state index contributed by atoms with van der Waals surface area (Å²) in [7, 11) is 0. The van der Waals surface area contributed by atoms with Crippen LogP contribution in [0.3, 0.4) is 0 Å². The van der Waals surface area contributed by atoms with E-state index in [1.54, 1.807) is 0 Å². The Kier molecular flexibility index (Phi) is 5.07.